The Balaban J connectivity index is 2.18. The molecule has 1 aromatic rings. The maximum Gasteiger partial charge on any atom is 0.416 e. The summed E-state index contributed by atoms with van der Waals surface area (Å²) >= 11 is 3.09. The van der Waals surface area contributed by atoms with E-state index in [1.807, 2.05) is 0 Å². The average Bonchev–Trinajstić information content (AvgIpc) is 2.40. The maximum absolute atomic E-state index is 12.7. The van der Waals surface area contributed by atoms with Gasteiger partial charge in [0.2, 0.25) is 0 Å². The molecule has 2 unspecified atom stereocenters. The highest BCUT2D eigenvalue weighted by atomic mass is 79.9. The van der Waals surface area contributed by atoms with Crippen molar-refractivity contribution in [3.05, 3.63) is 33.8 Å². The first kappa shape index (κ1) is 16.3. The summed E-state index contributed by atoms with van der Waals surface area (Å²) in [5.41, 5.74) is -0.956. The second kappa shape index (κ2) is 6.36. The van der Waals surface area contributed by atoms with Crippen LogP contribution in [0.4, 0.5) is 13.2 Å². The lowest BCUT2D eigenvalue weighted by molar-refractivity contribution is -0.137. The van der Waals surface area contributed by atoms with Crippen LogP contribution in [-0.4, -0.2) is 23.2 Å². The van der Waals surface area contributed by atoms with E-state index in [2.05, 4.69) is 21.2 Å². The van der Waals surface area contributed by atoms with Gasteiger partial charge in [-0.3, -0.25) is 4.79 Å². The van der Waals surface area contributed by atoms with Gasteiger partial charge >= 0.3 is 6.18 Å². The van der Waals surface area contributed by atoms with E-state index in [9.17, 15) is 23.1 Å². The van der Waals surface area contributed by atoms with Crippen LogP contribution in [0.2, 0.25) is 0 Å². The lowest BCUT2D eigenvalue weighted by Gasteiger charge is -2.28. The predicted octanol–water partition coefficient (Wildman–Crippen LogP) is 3.50. The Bertz CT molecular complexity index is 533. The monoisotopic (exact) mass is 365 g/mol. The van der Waals surface area contributed by atoms with Crippen molar-refractivity contribution in [3.8, 4) is 0 Å². The highest BCUT2D eigenvalue weighted by Gasteiger charge is 2.32. The predicted molar refractivity (Wildman–Crippen MR) is 74.9 cm³/mol. The molecule has 116 valence electrons. The van der Waals surface area contributed by atoms with Crippen LogP contribution in [-0.2, 0) is 6.18 Å². The molecule has 7 heteroatoms. The van der Waals surface area contributed by atoms with E-state index >= 15 is 0 Å². The number of halogens is 4. The van der Waals surface area contributed by atoms with Crippen molar-refractivity contribution in [2.45, 2.75) is 44.0 Å². The molecule has 21 heavy (non-hydrogen) atoms. The number of amides is 1. The Morgan fingerprint density at radius 2 is 1.95 bits per heavy atom. The van der Waals surface area contributed by atoms with Crippen molar-refractivity contribution in [1.29, 1.82) is 0 Å². The molecule has 0 heterocycles. The fraction of sp³-hybridized carbons (Fsp3) is 0.500. The standard InChI is InChI=1S/C14H15BrF3NO2/c15-10-6-5-8(14(16,17)18)7-9(10)13(21)19-11-3-1-2-4-12(11)20/h5-7,11-12,20H,1-4H2,(H,19,21). The Labute approximate surface area is 128 Å². The Morgan fingerprint density at radius 1 is 1.29 bits per heavy atom. The minimum atomic E-state index is -4.50. The summed E-state index contributed by atoms with van der Waals surface area (Å²) < 4.78 is 38.4. The summed E-state index contributed by atoms with van der Waals surface area (Å²) in [6, 6.07) is 2.52. The van der Waals surface area contributed by atoms with E-state index in [0.717, 1.165) is 25.0 Å². The molecule has 1 fully saturated rings. The Kier molecular flexibility index (Phi) is 4.93. The number of rotatable bonds is 2. The van der Waals surface area contributed by atoms with Crippen LogP contribution >= 0.6 is 15.9 Å². The van der Waals surface area contributed by atoms with E-state index in [0.29, 0.717) is 17.3 Å². The fourth-order valence-electron chi connectivity index (χ4n) is 2.40. The lowest BCUT2D eigenvalue weighted by atomic mass is 9.92. The van der Waals surface area contributed by atoms with Crippen LogP contribution < -0.4 is 5.32 Å². The van der Waals surface area contributed by atoms with Crippen LogP contribution in [0.15, 0.2) is 22.7 Å². The Hall–Kier alpha value is -1.08. The average molecular weight is 366 g/mol. The van der Waals surface area contributed by atoms with E-state index in [1.165, 1.54) is 6.07 Å². The number of nitrogens with one attached hydrogen (secondary N) is 1. The van der Waals surface area contributed by atoms with Crippen molar-refractivity contribution >= 4 is 21.8 Å². The van der Waals surface area contributed by atoms with Gasteiger partial charge in [-0.25, -0.2) is 0 Å². The molecule has 0 aromatic heterocycles. The summed E-state index contributed by atoms with van der Waals surface area (Å²) in [5, 5.41) is 12.4. The zero-order valence-electron chi connectivity index (χ0n) is 11.1. The van der Waals surface area contributed by atoms with E-state index < -0.39 is 29.8 Å². The molecule has 3 nitrogen and oxygen atoms in total. The second-order valence-corrected chi connectivity index (χ2v) is 5.98. The molecule has 0 radical (unpaired) electrons. The summed E-state index contributed by atoms with van der Waals surface area (Å²) in [5.74, 6) is -0.612. The molecule has 1 amide bonds. The van der Waals surface area contributed by atoms with Gasteiger partial charge in [0.15, 0.2) is 0 Å². The summed E-state index contributed by atoms with van der Waals surface area (Å²) in [7, 11) is 0. The van der Waals surface area contributed by atoms with Crippen molar-refractivity contribution in [2.75, 3.05) is 0 Å². The summed E-state index contributed by atoms with van der Waals surface area (Å²) in [6.45, 7) is 0. The molecule has 2 atom stereocenters. The summed E-state index contributed by atoms with van der Waals surface area (Å²) in [4.78, 5) is 12.1. The van der Waals surface area contributed by atoms with Gasteiger partial charge in [-0.15, -0.1) is 0 Å². The number of benzene rings is 1. The number of hydrogen-bond acceptors (Lipinski definition) is 2. The second-order valence-electron chi connectivity index (χ2n) is 5.12. The van der Waals surface area contributed by atoms with Crippen LogP contribution in [0.25, 0.3) is 0 Å². The number of aliphatic hydroxyl groups excluding tert-OH is 1. The van der Waals surface area contributed by atoms with Crippen LogP contribution in [0.5, 0.6) is 0 Å². The van der Waals surface area contributed by atoms with Gasteiger partial charge in [0.25, 0.3) is 5.91 Å². The molecule has 0 saturated heterocycles. The lowest BCUT2D eigenvalue weighted by Crippen LogP contribution is -2.45. The summed E-state index contributed by atoms with van der Waals surface area (Å²) in [6.07, 6.45) is -2.16. The third kappa shape index (κ3) is 3.97. The molecule has 2 N–H and O–H groups in total. The Morgan fingerprint density at radius 3 is 2.57 bits per heavy atom. The number of hydrogen-bond donors (Lipinski definition) is 2. The first-order chi connectivity index (χ1) is 9.79. The maximum atomic E-state index is 12.7. The van der Waals surface area contributed by atoms with Gasteiger partial charge in [-0.2, -0.15) is 13.2 Å². The quantitative estimate of drug-likeness (QED) is 0.842. The molecule has 0 spiro atoms. The zero-order valence-corrected chi connectivity index (χ0v) is 12.7. The van der Waals surface area contributed by atoms with Gasteiger partial charge < -0.3 is 10.4 Å². The van der Waals surface area contributed by atoms with Gasteiger partial charge in [0.1, 0.15) is 0 Å². The van der Waals surface area contributed by atoms with Crippen molar-refractivity contribution in [1.82, 2.24) is 5.32 Å². The van der Waals surface area contributed by atoms with Gasteiger partial charge in [-0.05, 0) is 47.0 Å². The highest BCUT2D eigenvalue weighted by molar-refractivity contribution is 9.10. The first-order valence-electron chi connectivity index (χ1n) is 6.64. The minimum Gasteiger partial charge on any atom is -0.391 e. The topological polar surface area (TPSA) is 49.3 Å². The van der Waals surface area contributed by atoms with Crippen LogP contribution in [0.1, 0.15) is 41.6 Å². The normalized spacial score (nSPS) is 22.9. The van der Waals surface area contributed by atoms with Crippen LogP contribution in [0.3, 0.4) is 0 Å². The largest absolute Gasteiger partial charge is 0.416 e. The first-order valence-corrected chi connectivity index (χ1v) is 7.44. The van der Waals surface area contributed by atoms with Gasteiger partial charge in [0, 0.05) is 4.47 Å². The molecule has 1 aliphatic carbocycles. The van der Waals surface area contributed by atoms with Crippen molar-refractivity contribution < 1.29 is 23.1 Å². The molecule has 1 saturated carbocycles. The third-order valence-corrected chi connectivity index (χ3v) is 4.28. The highest BCUT2D eigenvalue weighted by Crippen LogP contribution is 2.32. The number of carbonyl (C=O) groups excluding carboxylic acids is 1. The number of aliphatic hydroxyl groups is 1. The third-order valence-electron chi connectivity index (χ3n) is 3.58. The minimum absolute atomic E-state index is 0.0809. The van der Waals surface area contributed by atoms with Crippen molar-refractivity contribution in [2.24, 2.45) is 0 Å². The zero-order chi connectivity index (χ0) is 15.6. The molecule has 1 aromatic carbocycles. The molecule has 0 aliphatic heterocycles. The van der Waals surface area contributed by atoms with E-state index in [-0.39, 0.29) is 5.56 Å². The fourth-order valence-corrected chi connectivity index (χ4v) is 2.83. The van der Waals surface area contributed by atoms with E-state index in [4.69, 9.17) is 0 Å². The van der Waals surface area contributed by atoms with Crippen molar-refractivity contribution in [3.63, 3.8) is 0 Å². The van der Waals surface area contributed by atoms with Gasteiger partial charge in [-0.1, -0.05) is 12.8 Å². The molecular formula is C14H15BrF3NO2. The SMILES string of the molecule is O=C(NC1CCCCC1O)c1cc(C(F)(F)F)ccc1Br. The molecular weight excluding hydrogens is 351 g/mol. The smallest absolute Gasteiger partial charge is 0.391 e. The van der Waals surface area contributed by atoms with Gasteiger partial charge in [0.05, 0.1) is 23.3 Å². The molecule has 0 bridgehead atoms. The molecule has 1 aliphatic rings. The van der Waals surface area contributed by atoms with E-state index in [1.54, 1.807) is 0 Å². The van der Waals surface area contributed by atoms with Crippen LogP contribution in [0, 0.1) is 0 Å². The number of carbonyl (C=O) groups is 1. The number of alkyl halides is 3. The molecule has 2 rings (SSSR count).